The molecule has 0 fully saturated rings. The molecule has 5 heteroatoms. The minimum atomic E-state index is -0.498. The number of halogens is 3. The molecule has 0 saturated heterocycles. The maximum Gasteiger partial charge on any atom is 0.130 e. The number of benzene rings is 1. The van der Waals surface area contributed by atoms with E-state index in [1.165, 1.54) is 18.2 Å². The predicted molar refractivity (Wildman–Crippen MR) is 67.3 cm³/mol. The molecule has 0 atom stereocenters. The molecule has 1 aromatic carbocycles. The van der Waals surface area contributed by atoms with Gasteiger partial charge in [-0.05, 0) is 12.1 Å². The van der Waals surface area contributed by atoms with E-state index in [4.69, 9.17) is 4.74 Å². The van der Waals surface area contributed by atoms with Gasteiger partial charge in [-0.1, -0.05) is 22.0 Å². The molecule has 0 spiro atoms. The number of methoxy groups -OCH3 is 1. The van der Waals surface area contributed by atoms with E-state index in [1.54, 1.807) is 7.11 Å². The predicted octanol–water partition coefficient (Wildman–Crippen LogP) is 2.81. The number of nitrogens with zero attached hydrogens (tertiary/aromatic N) is 1. The molecule has 96 valence electrons. The summed E-state index contributed by atoms with van der Waals surface area (Å²) in [5.41, 5.74) is 0.115. The van der Waals surface area contributed by atoms with Crippen molar-refractivity contribution in [3.8, 4) is 0 Å². The smallest absolute Gasteiger partial charge is 0.130 e. The zero-order valence-electron chi connectivity index (χ0n) is 9.76. The fourth-order valence-corrected chi connectivity index (χ4v) is 2.02. The van der Waals surface area contributed by atoms with Gasteiger partial charge >= 0.3 is 0 Å². The van der Waals surface area contributed by atoms with Crippen LogP contribution in [0.1, 0.15) is 5.56 Å². The van der Waals surface area contributed by atoms with Crippen molar-refractivity contribution in [3.63, 3.8) is 0 Å². The van der Waals surface area contributed by atoms with Gasteiger partial charge in [0.05, 0.1) is 6.61 Å². The molecule has 2 nitrogen and oxygen atoms in total. The average Bonchev–Trinajstić information content (AvgIpc) is 2.31. The highest BCUT2D eigenvalue weighted by molar-refractivity contribution is 9.09. The molecule has 0 saturated carbocycles. The van der Waals surface area contributed by atoms with Crippen molar-refractivity contribution in [2.75, 3.05) is 32.1 Å². The SMILES string of the molecule is COCCN(CCBr)Cc1c(F)cccc1F. The molecule has 0 bridgehead atoms. The van der Waals surface area contributed by atoms with Crippen molar-refractivity contribution in [2.45, 2.75) is 6.54 Å². The minimum absolute atomic E-state index is 0.115. The van der Waals surface area contributed by atoms with Crippen LogP contribution in [0.25, 0.3) is 0 Å². The third-order valence-electron chi connectivity index (χ3n) is 2.46. The number of hydrogen-bond acceptors (Lipinski definition) is 2. The summed E-state index contributed by atoms with van der Waals surface area (Å²) in [6.45, 7) is 2.17. The van der Waals surface area contributed by atoms with E-state index in [0.717, 1.165) is 11.9 Å². The van der Waals surface area contributed by atoms with Crippen LogP contribution in [0.4, 0.5) is 8.78 Å². The second-order valence-corrected chi connectivity index (χ2v) is 4.45. The van der Waals surface area contributed by atoms with Crippen LogP contribution in [-0.4, -0.2) is 37.0 Å². The van der Waals surface area contributed by atoms with E-state index in [0.29, 0.717) is 13.2 Å². The van der Waals surface area contributed by atoms with E-state index >= 15 is 0 Å². The van der Waals surface area contributed by atoms with Crippen LogP contribution in [-0.2, 0) is 11.3 Å². The molecular formula is C12H16BrF2NO. The maximum absolute atomic E-state index is 13.5. The number of alkyl halides is 1. The molecule has 0 amide bonds. The highest BCUT2D eigenvalue weighted by Crippen LogP contribution is 2.14. The molecule has 17 heavy (non-hydrogen) atoms. The number of hydrogen-bond donors (Lipinski definition) is 0. The third-order valence-corrected chi connectivity index (χ3v) is 2.81. The summed E-state index contributed by atoms with van der Waals surface area (Å²) in [7, 11) is 1.61. The second-order valence-electron chi connectivity index (χ2n) is 3.66. The van der Waals surface area contributed by atoms with Crippen LogP contribution in [0.15, 0.2) is 18.2 Å². The lowest BCUT2D eigenvalue weighted by atomic mass is 10.2. The average molecular weight is 308 g/mol. The largest absolute Gasteiger partial charge is 0.383 e. The molecule has 0 heterocycles. The fraction of sp³-hybridized carbons (Fsp3) is 0.500. The lowest BCUT2D eigenvalue weighted by Crippen LogP contribution is -2.29. The Hall–Kier alpha value is -0.520. The van der Waals surface area contributed by atoms with Crippen molar-refractivity contribution >= 4 is 15.9 Å². The van der Waals surface area contributed by atoms with Gasteiger partial charge in [0.15, 0.2) is 0 Å². The molecule has 0 aromatic heterocycles. The van der Waals surface area contributed by atoms with Crippen molar-refractivity contribution in [1.82, 2.24) is 4.90 Å². The normalized spacial score (nSPS) is 11.1. The van der Waals surface area contributed by atoms with E-state index in [2.05, 4.69) is 15.9 Å². The number of rotatable bonds is 7. The van der Waals surface area contributed by atoms with Gasteiger partial charge in [0, 0.05) is 37.6 Å². The topological polar surface area (TPSA) is 12.5 Å². The van der Waals surface area contributed by atoms with Gasteiger partial charge in [0.25, 0.3) is 0 Å². The van der Waals surface area contributed by atoms with Crippen LogP contribution < -0.4 is 0 Å². The zero-order valence-corrected chi connectivity index (χ0v) is 11.3. The monoisotopic (exact) mass is 307 g/mol. The van der Waals surface area contributed by atoms with Gasteiger partial charge in [0.1, 0.15) is 11.6 Å². The minimum Gasteiger partial charge on any atom is -0.383 e. The van der Waals surface area contributed by atoms with Crippen molar-refractivity contribution in [2.24, 2.45) is 0 Å². The quantitative estimate of drug-likeness (QED) is 0.718. The van der Waals surface area contributed by atoms with E-state index in [1.807, 2.05) is 4.90 Å². The lowest BCUT2D eigenvalue weighted by molar-refractivity contribution is 0.147. The van der Waals surface area contributed by atoms with E-state index in [-0.39, 0.29) is 12.1 Å². The second kappa shape index (κ2) is 7.74. The Balaban J connectivity index is 2.70. The molecule has 1 rings (SSSR count). The summed E-state index contributed by atoms with van der Waals surface area (Å²) >= 11 is 3.32. The van der Waals surface area contributed by atoms with Gasteiger partial charge in [-0.2, -0.15) is 0 Å². The van der Waals surface area contributed by atoms with Crippen LogP contribution in [0.5, 0.6) is 0 Å². The van der Waals surface area contributed by atoms with Gasteiger partial charge in [-0.3, -0.25) is 4.90 Å². The zero-order chi connectivity index (χ0) is 12.7. The van der Waals surface area contributed by atoms with Gasteiger partial charge < -0.3 is 4.74 Å². The highest BCUT2D eigenvalue weighted by Gasteiger charge is 2.12. The summed E-state index contributed by atoms with van der Waals surface area (Å²) in [5, 5.41) is 0.757. The van der Waals surface area contributed by atoms with Gasteiger partial charge in [-0.15, -0.1) is 0 Å². The Bertz CT molecular complexity index is 329. The highest BCUT2D eigenvalue weighted by atomic mass is 79.9. The molecular weight excluding hydrogens is 292 g/mol. The summed E-state index contributed by atoms with van der Waals surface area (Å²) in [6, 6.07) is 3.93. The summed E-state index contributed by atoms with van der Waals surface area (Å²) in [6.07, 6.45) is 0. The molecule has 1 aromatic rings. The van der Waals surface area contributed by atoms with Crippen LogP contribution in [0.3, 0.4) is 0 Å². The summed E-state index contributed by atoms with van der Waals surface area (Å²) < 4.78 is 31.9. The summed E-state index contributed by atoms with van der Waals surface area (Å²) in [4.78, 5) is 1.94. The Kier molecular flexibility index (Phi) is 6.62. The lowest BCUT2D eigenvalue weighted by Gasteiger charge is -2.21. The van der Waals surface area contributed by atoms with Crippen molar-refractivity contribution in [1.29, 1.82) is 0 Å². The van der Waals surface area contributed by atoms with E-state index < -0.39 is 11.6 Å². The van der Waals surface area contributed by atoms with Gasteiger partial charge in [-0.25, -0.2) is 8.78 Å². The first-order chi connectivity index (χ1) is 8.19. The van der Waals surface area contributed by atoms with Crippen molar-refractivity contribution in [3.05, 3.63) is 35.4 Å². The van der Waals surface area contributed by atoms with Gasteiger partial charge in [0.2, 0.25) is 0 Å². The molecule has 0 aliphatic heterocycles. The summed E-state index contributed by atoms with van der Waals surface area (Å²) in [5.74, 6) is -0.996. The third kappa shape index (κ3) is 4.69. The Morgan fingerprint density at radius 2 is 1.88 bits per heavy atom. The van der Waals surface area contributed by atoms with Crippen LogP contribution in [0.2, 0.25) is 0 Å². The van der Waals surface area contributed by atoms with Crippen LogP contribution in [0, 0.1) is 11.6 Å². The van der Waals surface area contributed by atoms with E-state index in [9.17, 15) is 8.78 Å². The fourth-order valence-electron chi connectivity index (χ4n) is 1.52. The Morgan fingerprint density at radius 3 is 2.41 bits per heavy atom. The first-order valence-electron chi connectivity index (χ1n) is 5.39. The Morgan fingerprint density at radius 1 is 1.24 bits per heavy atom. The molecule has 0 aliphatic rings. The Labute approximate surface area is 109 Å². The standard InChI is InChI=1S/C12H16BrF2NO/c1-17-8-7-16(6-5-13)9-10-11(14)3-2-4-12(10)15/h2-4H,5-9H2,1H3. The number of ether oxygens (including phenoxy) is 1. The van der Waals surface area contributed by atoms with Crippen molar-refractivity contribution < 1.29 is 13.5 Å². The molecule has 0 N–H and O–H groups in total. The molecule has 0 unspecified atom stereocenters. The molecule has 0 aliphatic carbocycles. The van der Waals surface area contributed by atoms with Crippen LogP contribution >= 0.6 is 15.9 Å². The molecule has 0 radical (unpaired) electrons. The first kappa shape index (κ1) is 14.5. The first-order valence-corrected chi connectivity index (χ1v) is 6.51. The maximum atomic E-state index is 13.5.